The standard InChI is InChI=1S/C16H26N8O6/c1-7(17)12(26)24(13(27)9(18)4-11(19)25)10(14(28)29)3-8-5-23(6-22-8)15(30)16(2,20)21/h5-7,9-10H,3-4,17-18,20-21H2,1-2H3,(H2,19,25)(H,28,29). The molecule has 3 atom stereocenters. The summed E-state index contributed by atoms with van der Waals surface area (Å²) in [7, 11) is 0. The summed E-state index contributed by atoms with van der Waals surface area (Å²) < 4.78 is 0.951. The molecule has 0 aromatic carbocycles. The number of hydrogen-bond acceptors (Lipinski definition) is 10. The lowest BCUT2D eigenvalue weighted by Gasteiger charge is -2.30. The Morgan fingerprint density at radius 3 is 2.20 bits per heavy atom. The molecular weight excluding hydrogens is 400 g/mol. The molecule has 11 N–H and O–H groups in total. The minimum Gasteiger partial charge on any atom is -0.480 e. The molecule has 0 aliphatic rings. The Morgan fingerprint density at radius 1 is 1.20 bits per heavy atom. The quantitative estimate of drug-likeness (QED) is 0.208. The molecule has 3 amide bonds. The van der Waals surface area contributed by atoms with Crippen molar-refractivity contribution in [2.24, 2.45) is 28.7 Å². The van der Waals surface area contributed by atoms with E-state index in [1.54, 1.807) is 0 Å². The van der Waals surface area contributed by atoms with Gasteiger partial charge in [0.1, 0.15) is 18.0 Å². The molecular formula is C16H26N8O6. The van der Waals surface area contributed by atoms with E-state index >= 15 is 0 Å². The number of imidazole rings is 1. The van der Waals surface area contributed by atoms with Gasteiger partial charge in [0.05, 0.1) is 24.2 Å². The third-order valence-electron chi connectivity index (χ3n) is 3.93. The highest BCUT2D eigenvalue weighted by Gasteiger charge is 2.39. The van der Waals surface area contributed by atoms with Gasteiger partial charge in [0.15, 0.2) is 0 Å². The van der Waals surface area contributed by atoms with Gasteiger partial charge >= 0.3 is 5.97 Å². The second-order valence-corrected chi connectivity index (χ2v) is 7.03. The first-order chi connectivity index (χ1) is 13.7. The summed E-state index contributed by atoms with van der Waals surface area (Å²) in [6, 6.07) is -4.57. The fourth-order valence-corrected chi connectivity index (χ4v) is 2.46. The van der Waals surface area contributed by atoms with Crippen molar-refractivity contribution in [1.29, 1.82) is 0 Å². The van der Waals surface area contributed by atoms with Crippen LogP contribution in [0.1, 0.15) is 30.8 Å². The second-order valence-electron chi connectivity index (χ2n) is 7.03. The fourth-order valence-electron chi connectivity index (χ4n) is 2.46. The molecule has 0 spiro atoms. The summed E-state index contributed by atoms with van der Waals surface area (Å²) in [5.74, 6) is -5.38. The molecule has 166 valence electrons. The van der Waals surface area contributed by atoms with Gasteiger partial charge in [-0.05, 0) is 13.8 Å². The molecule has 1 aromatic heterocycles. The third kappa shape index (κ3) is 6.15. The average Bonchev–Trinajstić information content (AvgIpc) is 3.06. The molecule has 14 nitrogen and oxygen atoms in total. The molecule has 1 heterocycles. The van der Waals surface area contributed by atoms with E-state index < -0.39 is 66.2 Å². The SMILES string of the molecule is CC(N)C(=O)N(C(=O)C(N)CC(N)=O)C(Cc1cn(C(=O)C(C)(N)N)cn1)C(=O)O. The lowest BCUT2D eigenvalue weighted by molar-refractivity contribution is -0.159. The molecule has 0 aliphatic carbocycles. The van der Waals surface area contributed by atoms with Gasteiger partial charge in [-0.2, -0.15) is 0 Å². The number of hydrogen-bond donors (Lipinski definition) is 6. The maximum absolute atomic E-state index is 12.6. The van der Waals surface area contributed by atoms with E-state index in [0.29, 0.717) is 4.90 Å². The van der Waals surface area contributed by atoms with Gasteiger partial charge < -0.3 is 33.8 Å². The molecule has 1 rings (SSSR count). The topological polar surface area (TPSA) is 257 Å². The van der Waals surface area contributed by atoms with Gasteiger partial charge in [0.2, 0.25) is 17.7 Å². The van der Waals surface area contributed by atoms with E-state index in [9.17, 15) is 29.1 Å². The van der Waals surface area contributed by atoms with Crippen molar-refractivity contribution in [2.75, 3.05) is 0 Å². The minimum atomic E-state index is -1.77. The van der Waals surface area contributed by atoms with Crippen LogP contribution < -0.4 is 28.7 Å². The van der Waals surface area contributed by atoms with Crippen molar-refractivity contribution in [3.05, 3.63) is 18.2 Å². The molecule has 0 fully saturated rings. The van der Waals surface area contributed by atoms with Gasteiger partial charge in [-0.15, -0.1) is 0 Å². The largest absolute Gasteiger partial charge is 0.480 e. The zero-order chi connectivity index (χ0) is 23.4. The van der Waals surface area contributed by atoms with Crippen LogP contribution in [0.25, 0.3) is 0 Å². The summed E-state index contributed by atoms with van der Waals surface area (Å²) in [6.07, 6.45) is 1.14. The summed E-state index contributed by atoms with van der Waals surface area (Å²) in [6.45, 7) is 2.51. The minimum absolute atomic E-state index is 0.0405. The Labute approximate surface area is 171 Å². The predicted octanol–water partition coefficient (Wildman–Crippen LogP) is -3.94. The number of imide groups is 1. The summed E-state index contributed by atoms with van der Waals surface area (Å²) in [5.41, 5.74) is 25.5. The van der Waals surface area contributed by atoms with Crippen LogP contribution in [0.3, 0.4) is 0 Å². The number of nitrogens with zero attached hydrogens (tertiary/aromatic N) is 3. The number of primary amides is 1. The van der Waals surface area contributed by atoms with Crippen molar-refractivity contribution in [2.45, 2.75) is 50.5 Å². The first kappa shape index (κ1) is 24.8. The first-order valence-electron chi connectivity index (χ1n) is 8.71. The molecule has 0 aliphatic heterocycles. The van der Waals surface area contributed by atoms with Gasteiger partial charge in [0.25, 0.3) is 5.91 Å². The Balaban J connectivity index is 3.27. The molecule has 0 radical (unpaired) electrons. The van der Waals surface area contributed by atoms with Crippen LogP contribution in [0.4, 0.5) is 0 Å². The van der Waals surface area contributed by atoms with Crippen LogP contribution in [-0.4, -0.2) is 72.9 Å². The van der Waals surface area contributed by atoms with E-state index in [1.807, 2.05) is 0 Å². The number of aliphatic carboxylic acids is 1. The molecule has 3 unspecified atom stereocenters. The highest BCUT2D eigenvalue weighted by Crippen LogP contribution is 2.13. The highest BCUT2D eigenvalue weighted by molar-refractivity contribution is 6.04. The zero-order valence-electron chi connectivity index (χ0n) is 16.5. The third-order valence-corrected chi connectivity index (χ3v) is 3.93. The van der Waals surface area contributed by atoms with Crippen LogP contribution in [-0.2, 0) is 25.6 Å². The lowest BCUT2D eigenvalue weighted by atomic mass is 10.1. The Kier molecular flexibility index (Phi) is 7.89. The Morgan fingerprint density at radius 2 is 1.77 bits per heavy atom. The van der Waals surface area contributed by atoms with E-state index in [1.165, 1.54) is 20.0 Å². The van der Waals surface area contributed by atoms with Crippen molar-refractivity contribution >= 4 is 29.6 Å². The maximum atomic E-state index is 12.6. The van der Waals surface area contributed by atoms with Gasteiger partial charge in [0, 0.05) is 12.6 Å². The Hall–Kier alpha value is -3.20. The van der Waals surface area contributed by atoms with Crippen molar-refractivity contribution in [1.82, 2.24) is 14.5 Å². The number of amides is 3. The van der Waals surface area contributed by atoms with Crippen LogP contribution in [0, 0.1) is 0 Å². The molecule has 1 aromatic rings. The molecule has 30 heavy (non-hydrogen) atoms. The number of carbonyl (C=O) groups excluding carboxylic acids is 4. The maximum Gasteiger partial charge on any atom is 0.327 e. The molecule has 0 saturated heterocycles. The predicted molar refractivity (Wildman–Crippen MR) is 102 cm³/mol. The van der Waals surface area contributed by atoms with E-state index in [4.69, 9.17) is 28.7 Å². The van der Waals surface area contributed by atoms with E-state index in [0.717, 1.165) is 10.9 Å². The van der Waals surface area contributed by atoms with Crippen LogP contribution in [0.15, 0.2) is 12.5 Å². The van der Waals surface area contributed by atoms with Crippen molar-refractivity contribution < 1.29 is 29.1 Å². The summed E-state index contributed by atoms with van der Waals surface area (Å²) in [4.78, 5) is 64.4. The summed E-state index contributed by atoms with van der Waals surface area (Å²) >= 11 is 0. The first-order valence-corrected chi connectivity index (χ1v) is 8.71. The van der Waals surface area contributed by atoms with Gasteiger partial charge in [-0.1, -0.05) is 0 Å². The number of nitrogens with two attached hydrogens (primary N) is 5. The second kappa shape index (κ2) is 9.53. The molecule has 0 bridgehead atoms. The molecule has 14 heteroatoms. The normalized spacial score (nSPS) is 14.5. The lowest BCUT2D eigenvalue weighted by Crippen LogP contribution is -2.58. The van der Waals surface area contributed by atoms with Crippen molar-refractivity contribution in [3.8, 4) is 0 Å². The van der Waals surface area contributed by atoms with Crippen LogP contribution >= 0.6 is 0 Å². The smallest absolute Gasteiger partial charge is 0.327 e. The highest BCUT2D eigenvalue weighted by atomic mass is 16.4. The number of carbonyl (C=O) groups is 5. The van der Waals surface area contributed by atoms with Crippen LogP contribution in [0.2, 0.25) is 0 Å². The fraction of sp³-hybridized carbons (Fsp3) is 0.500. The summed E-state index contributed by atoms with van der Waals surface area (Å²) in [5, 5.41) is 9.63. The number of carboxylic acid groups (broad SMARTS) is 1. The monoisotopic (exact) mass is 426 g/mol. The van der Waals surface area contributed by atoms with E-state index in [-0.39, 0.29) is 5.69 Å². The number of rotatable bonds is 9. The van der Waals surface area contributed by atoms with Crippen molar-refractivity contribution in [3.63, 3.8) is 0 Å². The van der Waals surface area contributed by atoms with Gasteiger partial charge in [-0.3, -0.25) is 28.6 Å². The van der Waals surface area contributed by atoms with Crippen LogP contribution in [0.5, 0.6) is 0 Å². The number of carboxylic acids is 1. The Bertz CT molecular complexity index is 843. The molecule has 0 saturated carbocycles. The van der Waals surface area contributed by atoms with E-state index in [2.05, 4.69) is 4.98 Å². The number of aromatic nitrogens is 2. The average molecular weight is 426 g/mol. The zero-order valence-corrected chi connectivity index (χ0v) is 16.5. The van der Waals surface area contributed by atoms with Gasteiger partial charge in [-0.25, -0.2) is 9.78 Å².